The summed E-state index contributed by atoms with van der Waals surface area (Å²) in [6.45, 7) is 6.59. The number of nitrogens with one attached hydrogen (secondary N) is 3. The van der Waals surface area contributed by atoms with E-state index in [1.54, 1.807) is 5.32 Å². The Balaban J connectivity index is 5.69. The molecule has 15 heteroatoms. The number of halogens is 5. The Labute approximate surface area is 192 Å². The van der Waals surface area contributed by atoms with Gasteiger partial charge in [-0.3, -0.25) is 29.4 Å². The molecule has 1 unspecified atom stereocenters. The fourth-order valence-electron chi connectivity index (χ4n) is 2.42. The van der Waals surface area contributed by atoms with Gasteiger partial charge in [0, 0.05) is 6.42 Å². The van der Waals surface area contributed by atoms with E-state index in [0.717, 1.165) is 0 Å². The summed E-state index contributed by atoms with van der Waals surface area (Å²) >= 11 is 5.10. The molecule has 0 fully saturated rings. The van der Waals surface area contributed by atoms with E-state index in [1.165, 1.54) is 34.6 Å². The molecule has 0 aliphatic rings. The first-order valence-electron chi connectivity index (χ1n) is 9.65. The quantitative estimate of drug-likeness (QED) is 0.204. The number of nitrogens with zero attached hydrogens (tertiary/aromatic N) is 1. The summed E-state index contributed by atoms with van der Waals surface area (Å²) < 4.78 is 51.3. The van der Waals surface area contributed by atoms with Gasteiger partial charge in [-0.1, -0.05) is 46.2 Å². The lowest BCUT2D eigenvalue weighted by atomic mass is 9.85. The second kappa shape index (κ2) is 12.0. The van der Waals surface area contributed by atoms with Gasteiger partial charge in [0.25, 0.3) is 17.4 Å². The number of rotatable bonds is 9. The number of primary amides is 1. The molecule has 5 N–H and O–H groups in total. The number of hydrazine groups is 1. The summed E-state index contributed by atoms with van der Waals surface area (Å²) in [5, 5.41) is 4.23. The molecule has 0 aromatic carbocycles. The standard InChI is InChI=1S/C18H28ClF4N5O5/c1-8(2)10(13(30)27-28(7-6-9(24)29)15(32)12(19)20)25-14(31)11(17(3,4)5)26-16(33)18(21,22)23/h8,10-12H,6-7H2,1-5H3,(H2,24,29)(H,25,31)(H,26,33)(H,27,30)/t10-,11+,12?/m0/s1. The summed E-state index contributed by atoms with van der Waals surface area (Å²) in [7, 11) is 0. The molecule has 3 atom stereocenters. The molecule has 190 valence electrons. The van der Waals surface area contributed by atoms with E-state index >= 15 is 0 Å². The lowest BCUT2D eigenvalue weighted by molar-refractivity contribution is -0.175. The molecule has 5 amide bonds. The Morgan fingerprint density at radius 3 is 1.88 bits per heavy atom. The number of nitrogens with two attached hydrogens (primary N) is 1. The Morgan fingerprint density at radius 1 is 1.00 bits per heavy atom. The van der Waals surface area contributed by atoms with Crippen molar-refractivity contribution >= 4 is 41.1 Å². The van der Waals surface area contributed by atoms with E-state index < -0.39 is 77.7 Å². The normalized spacial score (nSPS) is 14.6. The van der Waals surface area contributed by atoms with Crippen LogP contribution in [0.4, 0.5) is 17.6 Å². The van der Waals surface area contributed by atoms with Crippen LogP contribution in [0.5, 0.6) is 0 Å². The number of hydrogen-bond acceptors (Lipinski definition) is 5. The van der Waals surface area contributed by atoms with Gasteiger partial charge in [-0.05, 0) is 11.3 Å². The number of alkyl halides is 5. The third kappa shape index (κ3) is 10.2. The van der Waals surface area contributed by atoms with Crippen LogP contribution in [0.1, 0.15) is 41.0 Å². The number of amides is 5. The first kappa shape index (κ1) is 30.4. The van der Waals surface area contributed by atoms with Gasteiger partial charge in [0.05, 0.1) is 6.54 Å². The van der Waals surface area contributed by atoms with Crippen molar-refractivity contribution in [2.24, 2.45) is 17.1 Å². The minimum Gasteiger partial charge on any atom is -0.370 e. The molecule has 0 aromatic heterocycles. The topological polar surface area (TPSA) is 151 Å². The predicted octanol–water partition coefficient (Wildman–Crippen LogP) is 0.490. The van der Waals surface area contributed by atoms with Gasteiger partial charge in [0.1, 0.15) is 12.1 Å². The van der Waals surface area contributed by atoms with Gasteiger partial charge < -0.3 is 16.4 Å². The average molecular weight is 506 g/mol. The largest absolute Gasteiger partial charge is 0.471 e. The number of hydrogen-bond donors (Lipinski definition) is 4. The first-order chi connectivity index (χ1) is 14.8. The maximum atomic E-state index is 13.2. The van der Waals surface area contributed by atoms with Crippen molar-refractivity contribution in [2.45, 2.75) is 64.9 Å². The molecular weight excluding hydrogens is 478 g/mol. The molecule has 0 saturated carbocycles. The zero-order chi connectivity index (χ0) is 26.3. The highest BCUT2D eigenvalue weighted by atomic mass is 35.5. The summed E-state index contributed by atoms with van der Waals surface area (Å²) in [5.41, 5.74) is 3.24. The molecule has 0 saturated heterocycles. The molecule has 0 spiro atoms. The second-order valence-corrected chi connectivity index (χ2v) is 8.87. The minimum absolute atomic E-state index is 0.402. The highest BCUT2D eigenvalue weighted by molar-refractivity contribution is 6.29. The lowest BCUT2D eigenvalue weighted by Gasteiger charge is -2.33. The lowest BCUT2D eigenvalue weighted by Crippen LogP contribution is -2.62. The molecule has 0 aliphatic carbocycles. The Morgan fingerprint density at radius 2 is 1.52 bits per heavy atom. The van der Waals surface area contributed by atoms with Crippen LogP contribution in [0.15, 0.2) is 0 Å². The smallest absolute Gasteiger partial charge is 0.370 e. The number of carbonyl (C=O) groups excluding carboxylic acids is 5. The van der Waals surface area contributed by atoms with E-state index in [0.29, 0.717) is 5.01 Å². The molecular formula is C18H28ClF4N5O5. The van der Waals surface area contributed by atoms with Crippen molar-refractivity contribution in [1.29, 1.82) is 0 Å². The minimum atomic E-state index is -5.25. The van der Waals surface area contributed by atoms with Crippen molar-refractivity contribution < 1.29 is 41.5 Å². The van der Waals surface area contributed by atoms with Gasteiger partial charge in [0.15, 0.2) is 0 Å². The summed E-state index contributed by atoms with van der Waals surface area (Å²) in [6, 6.07) is -3.12. The fourth-order valence-corrected chi connectivity index (χ4v) is 2.54. The number of carbonyl (C=O) groups is 5. The summed E-state index contributed by atoms with van der Waals surface area (Å²) in [5.74, 6) is -7.45. The molecule has 0 rings (SSSR count). The average Bonchev–Trinajstić information content (AvgIpc) is 2.63. The Bertz CT molecular complexity index is 755. The molecule has 0 radical (unpaired) electrons. The van der Waals surface area contributed by atoms with E-state index in [-0.39, 0.29) is 0 Å². The Kier molecular flexibility index (Phi) is 11.0. The molecule has 33 heavy (non-hydrogen) atoms. The van der Waals surface area contributed by atoms with Gasteiger partial charge in [-0.15, -0.1) is 0 Å². The van der Waals surface area contributed by atoms with Crippen molar-refractivity contribution in [2.75, 3.05) is 6.54 Å². The van der Waals surface area contributed by atoms with Gasteiger partial charge in [-0.25, -0.2) is 9.40 Å². The predicted molar refractivity (Wildman–Crippen MR) is 109 cm³/mol. The fraction of sp³-hybridized carbons (Fsp3) is 0.722. The maximum Gasteiger partial charge on any atom is 0.471 e. The summed E-state index contributed by atoms with van der Waals surface area (Å²) in [6.07, 6.45) is -5.70. The molecule has 0 aliphatic heterocycles. The molecule has 10 nitrogen and oxygen atoms in total. The summed E-state index contributed by atoms with van der Waals surface area (Å²) in [4.78, 5) is 59.6. The van der Waals surface area contributed by atoms with Crippen molar-refractivity contribution in [1.82, 2.24) is 21.1 Å². The van der Waals surface area contributed by atoms with Crippen LogP contribution in [0.25, 0.3) is 0 Å². The van der Waals surface area contributed by atoms with Crippen molar-refractivity contribution in [3.05, 3.63) is 0 Å². The van der Waals surface area contributed by atoms with Crippen LogP contribution in [0.3, 0.4) is 0 Å². The third-order valence-corrected chi connectivity index (χ3v) is 4.37. The second-order valence-electron chi connectivity index (χ2n) is 8.48. The molecule has 0 heterocycles. The third-order valence-electron chi connectivity index (χ3n) is 4.19. The van der Waals surface area contributed by atoms with Crippen molar-refractivity contribution in [3.63, 3.8) is 0 Å². The zero-order valence-electron chi connectivity index (χ0n) is 18.7. The highest BCUT2D eigenvalue weighted by Gasteiger charge is 2.44. The van der Waals surface area contributed by atoms with Crippen LogP contribution in [-0.2, 0) is 24.0 Å². The molecule has 0 aromatic rings. The van der Waals surface area contributed by atoms with Gasteiger partial charge in [-0.2, -0.15) is 13.2 Å². The zero-order valence-corrected chi connectivity index (χ0v) is 19.4. The first-order valence-corrected chi connectivity index (χ1v) is 10.1. The molecule has 0 bridgehead atoms. The van der Waals surface area contributed by atoms with Crippen LogP contribution < -0.4 is 21.8 Å². The highest BCUT2D eigenvalue weighted by Crippen LogP contribution is 2.23. The van der Waals surface area contributed by atoms with Gasteiger partial charge in [0.2, 0.25) is 11.8 Å². The van der Waals surface area contributed by atoms with Crippen molar-refractivity contribution in [3.8, 4) is 0 Å². The van der Waals surface area contributed by atoms with E-state index in [2.05, 4.69) is 5.32 Å². The monoisotopic (exact) mass is 505 g/mol. The van der Waals surface area contributed by atoms with Crippen LogP contribution >= 0.6 is 11.6 Å². The van der Waals surface area contributed by atoms with Gasteiger partial charge >= 0.3 is 12.1 Å². The van der Waals surface area contributed by atoms with E-state index in [4.69, 9.17) is 17.3 Å². The van der Waals surface area contributed by atoms with E-state index in [9.17, 15) is 41.5 Å². The van der Waals surface area contributed by atoms with Crippen LogP contribution in [0, 0.1) is 11.3 Å². The SMILES string of the molecule is CC(C)[C@H](NC(=O)[C@@H](NC(=O)C(F)(F)F)C(C)(C)C)C(=O)NN(CCC(N)=O)C(=O)C(F)Cl. The van der Waals surface area contributed by atoms with E-state index in [1.807, 2.05) is 5.43 Å². The van der Waals surface area contributed by atoms with Crippen LogP contribution in [0.2, 0.25) is 0 Å². The maximum absolute atomic E-state index is 13.2. The van der Waals surface area contributed by atoms with Crippen LogP contribution in [-0.4, -0.2) is 65.0 Å². The Hall–Kier alpha value is -2.64.